The van der Waals surface area contributed by atoms with Crippen molar-refractivity contribution in [2.45, 2.75) is 31.5 Å². The fourth-order valence-electron chi connectivity index (χ4n) is 3.17. The number of carbonyl (C=O) groups is 1. The number of nitrogens with zero attached hydrogens (tertiary/aromatic N) is 1. The molecule has 0 aliphatic carbocycles. The maximum Gasteiger partial charge on any atom is 0.253 e. The minimum atomic E-state index is -0.397. The molecule has 3 aromatic rings. The molecule has 2 aromatic carbocycles. The number of fused-ring (bicyclic) bond motifs is 1. The van der Waals surface area contributed by atoms with Gasteiger partial charge in [-0.2, -0.15) is 0 Å². The third-order valence-electron chi connectivity index (χ3n) is 4.58. The van der Waals surface area contributed by atoms with E-state index in [1.54, 1.807) is 11.3 Å². The van der Waals surface area contributed by atoms with Crippen LogP contribution in [0.5, 0.6) is 0 Å². The average Bonchev–Trinajstić information content (AvgIpc) is 3.29. The number of hydrogen-bond acceptors (Lipinski definition) is 5. The zero-order chi connectivity index (χ0) is 17.9. The van der Waals surface area contributed by atoms with Gasteiger partial charge in [0.25, 0.3) is 5.91 Å². The van der Waals surface area contributed by atoms with Crippen LogP contribution in [0.2, 0.25) is 0 Å². The molecule has 1 amide bonds. The number of aromatic nitrogens is 1. The molecule has 1 aromatic heterocycles. The molecule has 1 fully saturated rings. The van der Waals surface area contributed by atoms with Crippen LogP contribution in [0.3, 0.4) is 0 Å². The lowest BCUT2D eigenvalue weighted by Crippen LogP contribution is -2.29. The Morgan fingerprint density at radius 2 is 1.96 bits per heavy atom. The van der Waals surface area contributed by atoms with Gasteiger partial charge < -0.3 is 15.8 Å². The Balaban J connectivity index is 0.00000210. The van der Waals surface area contributed by atoms with Crippen molar-refractivity contribution >= 4 is 45.6 Å². The summed E-state index contributed by atoms with van der Waals surface area (Å²) in [6, 6.07) is 16.1. The fraction of sp³-hybridized carbons (Fsp3) is 0.300. The first-order valence-corrected chi connectivity index (χ1v) is 9.62. The highest BCUT2D eigenvalue weighted by Gasteiger charge is 2.29. The highest BCUT2D eigenvalue weighted by molar-refractivity contribution is 7.18. The fourth-order valence-corrected chi connectivity index (χ4v) is 4.17. The molecule has 1 saturated heterocycles. The van der Waals surface area contributed by atoms with Crippen LogP contribution >= 0.6 is 23.7 Å². The molecule has 1 aliphatic heterocycles. The Morgan fingerprint density at radius 1 is 1.19 bits per heavy atom. The average molecular weight is 404 g/mol. The monoisotopic (exact) mass is 403 g/mol. The van der Waals surface area contributed by atoms with E-state index in [1.807, 2.05) is 42.5 Å². The molecule has 5 nitrogen and oxygen atoms in total. The van der Waals surface area contributed by atoms with Crippen molar-refractivity contribution in [2.75, 3.05) is 11.9 Å². The molecule has 27 heavy (non-hydrogen) atoms. The standard InChI is InChI=1S/C20H21N3O2S.ClH/c21-12-15-9-10-17(25-15)20(24)22-14-7-5-13(6-8-14)11-19-23-16-3-1-2-4-18(16)26-19;/h1-8,15,17H,9-12,21H2,(H,22,24);1H/t15-,17+;/m1./s1. The zero-order valence-electron chi connectivity index (χ0n) is 14.8. The van der Waals surface area contributed by atoms with Crippen molar-refractivity contribution < 1.29 is 9.53 Å². The van der Waals surface area contributed by atoms with Crippen LogP contribution in [0.15, 0.2) is 48.5 Å². The predicted molar refractivity (Wildman–Crippen MR) is 112 cm³/mol. The summed E-state index contributed by atoms with van der Waals surface area (Å²) in [6.45, 7) is 0.463. The van der Waals surface area contributed by atoms with Crippen LogP contribution in [0.25, 0.3) is 10.2 Å². The van der Waals surface area contributed by atoms with Gasteiger partial charge in [0.2, 0.25) is 0 Å². The number of amides is 1. The minimum Gasteiger partial charge on any atom is -0.364 e. The van der Waals surface area contributed by atoms with Crippen molar-refractivity contribution in [3.63, 3.8) is 0 Å². The van der Waals surface area contributed by atoms with Crippen LogP contribution in [-0.2, 0) is 16.0 Å². The molecule has 142 valence electrons. The summed E-state index contributed by atoms with van der Waals surface area (Å²) in [5.41, 5.74) is 8.59. The summed E-state index contributed by atoms with van der Waals surface area (Å²) in [5.74, 6) is -0.0973. The van der Waals surface area contributed by atoms with E-state index in [2.05, 4.69) is 16.4 Å². The van der Waals surface area contributed by atoms with E-state index in [0.717, 1.165) is 35.5 Å². The number of hydrogen-bond donors (Lipinski definition) is 2. The molecule has 0 unspecified atom stereocenters. The van der Waals surface area contributed by atoms with Crippen LogP contribution in [0.1, 0.15) is 23.4 Å². The maximum absolute atomic E-state index is 12.3. The Labute approximate surface area is 168 Å². The van der Waals surface area contributed by atoms with Crippen molar-refractivity contribution in [3.05, 3.63) is 59.1 Å². The Bertz CT molecular complexity index is 880. The van der Waals surface area contributed by atoms with Gasteiger partial charge >= 0.3 is 0 Å². The first-order valence-electron chi connectivity index (χ1n) is 8.81. The number of para-hydroxylation sites is 1. The predicted octanol–water partition coefficient (Wildman–Crippen LogP) is 3.75. The summed E-state index contributed by atoms with van der Waals surface area (Å²) in [7, 11) is 0. The van der Waals surface area contributed by atoms with E-state index in [-0.39, 0.29) is 24.4 Å². The molecular weight excluding hydrogens is 382 g/mol. The molecule has 3 N–H and O–H groups in total. The number of thiazole rings is 1. The van der Waals surface area contributed by atoms with Crippen LogP contribution in [0, 0.1) is 0 Å². The normalized spacial score (nSPS) is 19.0. The molecule has 0 bridgehead atoms. The Kier molecular flexibility index (Phi) is 6.44. The Hall–Kier alpha value is -1.99. The highest BCUT2D eigenvalue weighted by Crippen LogP contribution is 2.24. The third kappa shape index (κ3) is 4.65. The lowest BCUT2D eigenvalue weighted by Gasteiger charge is -2.13. The SMILES string of the molecule is Cl.NC[C@H]1CC[C@@H](C(=O)Nc2ccc(Cc3nc4ccccc4s3)cc2)O1. The first-order chi connectivity index (χ1) is 12.7. The van der Waals surface area contributed by atoms with Crippen molar-refractivity contribution in [2.24, 2.45) is 5.73 Å². The van der Waals surface area contributed by atoms with Crippen molar-refractivity contribution in [1.82, 2.24) is 4.98 Å². The molecule has 4 rings (SSSR count). The minimum absolute atomic E-state index is 0. The smallest absolute Gasteiger partial charge is 0.253 e. The van der Waals surface area contributed by atoms with Gasteiger partial charge in [-0.25, -0.2) is 4.98 Å². The van der Waals surface area contributed by atoms with Gasteiger partial charge in [0.15, 0.2) is 0 Å². The summed E-state index contributed by atoms with van der Waals surface area (Å²) in [5, 5.41) is 4.02. The highest BCUT2D eigenvalue weighted by atomic mass is 35.5. The van der Waals surface area contributed by atoms with Gasteiger partial charge in [0.05, 0.1) is 21.3 Å². The number of halogens is 1. The lowest BCUT2D eigenvalue weighted by atomic mass is 10.1. The van der Waals surface area contributed by atoms with Gasteiger partial charge in [0, 0.05) is 18.7 Å². The molecular formula is C20H22ClN3O2S. The summed E-state index contributed by atoms with van der Waals surface area (Å²) >= 11 is 1.72. The van der Waals surface area contributed by atoms with E-state index in [9.17, 15) is 4.79 Å². The number of rotatable bonds is 5. The largest absolute Gasteiger partial charge is 0.364 e. The summed E-state index contributed by atoms with van der Waals surface area (Å²) < 4.78 is 6.84. The molecule has 0 saturated carbocycles. The van der Waals surface area contributed by atoms with E-state index >= 15 is 0 Å². The second-order valence-electron chi connectivity index (χ2n) is 6.50. The lowest BCUT2D eigenvalue weighted by molar-refractivity contribution is -0.126. The Morgan fingerprint density at radius 3 is 2.67 bits per heavy atom. The number of ether oxygens (including phenoxy) is 1. The molecule has 0 spiro atoms. The van der Waals surface area contributed by atoms with Gasteiger partial charge in [0.1, 0.15) is 6.10 Å². The number of carbonyl (C=O) groups excluding carboxylic acids is 1. The van der Waals surface area contributed by atoms with Crippen LogP contribution in [-0.4, -0.2) is 29.6 Å². The molecule has 1 aliphatic rings. The van der Waals surface area contributed by atoms with E-state index in [4.69, 9.17) is 10.5 Å². The number of anilines is 1. The summed E-state index contributed by atoms with van der Waals surface area (Å²) in [4.78, 5) is 16.9. The number of nitrogens with two attached hydrogens (primary N) is 1. The van der Waals surface area contributed by atoms with Crippen LogP contribution < -0.4 is 11.1 Å². The molecule has 7 heteroatoms. The first kappa shape index (κ1) is 19.8. The van der Waals surface area contributed by atoms with Crippen molar-refractivity contribution in [1.29, 1.82) is 0 Å². The summed E-state index contributed by atoms with van der Waals surface area (Å²) in [6.07, 6.45) is 1.96. The van der Waals surface area contributed by atoms with Gasteiger partial charge in [-0.15, -0.1) is 23.7 Å². The quantitative estimate of drug-likeness (QED) is 0.680. The van der Waals surface area contributed by atoms with Gasteiger partial charge in [-0.05, 0) is 42.7 Å². The second-order valence-corrected chi connectivity index (χ2v) is 7.61. The van der Waals surface area contributed by atoms with Gasteiger partial charge in [-0.3, -0.25) is 4.79 Å². The maximum atomic E-state index is 12.3. The third-order valence-corrected chi connectivity index (χ3v) is 5.61. The number of benzene rings is 2. The molecule has 0 radical (unpaired) electrons. The molecule has 2 atom stereocenters. The second kappa shape index (κ2) is 8.80. The van der Waals surface area contributed by atoms with E-state index in [1.165, 1.54) is 10.3 Å². The molecule has 2 heterocycles. The van der Waals surface area contributed by atoms with E-state index in [0.29, 0.717) is 6.54 Å². The number of nitrogens with one attached hydrogen (secondary N) is 1. The van der Waals surface area contributed by atoms with Crippen LogP contribution in [0.4, 0.5) is 5.69 Å². The zero-order valence-corrected chi connectivity index (χ0v) is 16.4. The van der Waals surface area contributed by atoms with Crippen molar-refractivity contribution in [3.8, 4) is 0 Å². The topological polar surface area (TPSA) is 77.2 Å². The van der Waals surface area contributed by atoms with E-state index < -0.39 is 6.10 Å². The van der Waals surface area contributed by atoms with Gasteiger partial charge in [-0.1, -0.05) is 24.3 Å².